The predicted octanol–water partition coefficient (Wildman–Crippen LogP) is 1.43. The van der Waals surface area contributed by atoms with Crippen LogP contribution in [-0.4, -0.2) is 50.9 Å². The van der Waals surface area contributed by atoms with Crippen molar-refractivity contribution in [2.24, 2.45) is 0 Å². The normalized spacial score (nSPS) is 22.3. The van der Waals surface area contributed by atoms with Crippen molar-refractivity contribution in [1.82, 2.24) is 9.88 Å². The molecule has 8 heteroatoms. The maximum absolute atomic E-state index is 11.0. The number of hydrogen-bond acceptors (Lipinski definition) is 4. The number of carboxylic acid groups (broad SMARTS) is 2. The van der Waals surface area contributed by atoms with Crippen LogP contribution in [0, 0.1) is 0 Å². The first-order valence-electron chi connectivity index (χ1n) is 5.48. The van der Waals surface area contributed by atoms with E-state index in [-0.39, 0.29) is 13.0 Å². The number of aliphatic carboxylic acids is 1. The van der Waals surface area contributed by atoms with Crippen molar-refractivity contribution in [2.75, 3.05) is 6.54 Å². The zero-order chi connectivity index (χ0) is 14.0. The molecule has 2 atom stereocenters. The SMILES string of the molecule is O=C(O)[C@@H]1C[C@@H](Oc2ncccc2Br)CN1C(=O)O. The number of rotatable bonds is 3. The number of carboxylic acids is 1. The second-order valence-electron chi connectivity index (χ2n) is 4.05. The lowest BCUT2D eigenvalue weighted by Gasteiger charge is -2.16. The quantitative estimate of drug-likeness (QED) is 0.869. The Morgan fingerprint density at radius 3 is 2.74 bits per heavy atom. The summed E-state index contributed by atoms with van der Waals surface area (Å²) in [7, 11) is 0. The van der Waals surface area contributed by atoms with Crippen molar-refractivity contribution in [3.63, 3.8) is 0 Å². The lowest BCUT2D eigenvalue weighted by atomic mass is 10.2. The first-order chi connectivity index (χ1) is 8.99. The van der Waals surface area contributed by atoms with Crippen molar-refractivity contribution >= 4 is 28.0 Å². The second-order valence-corrected chi connectivity index (χ2v) is 4.91. The number of amides is 1. The number of likely N-dealkylation sites (tertiary alicyclic amines) is 1. The first-order valence-corrected chi connectivity index (χ1v) is 6.28. The molecule has 0 radical (unpaired) electrons. The molecule has 1 aliphatic rings. The maximum atomic E-state index is 11.0. The van der Waals surface area contributed by atoms with Crippen LogP contribution < -0.4 is 4.74 Å². The molecule has 102 valence electrons. The Bertz CT molecular complexity index is 488. The van der Waals surface area contributed by atoms with Gasteiger partial charge < -0.3 is 14.9 Å². The Hall–Kier alpha value is -1.83. The second kappa shape index (κ2) is 5.43. The lowest BCUT2D eigenvalue weighted by Crippen LogP contribution is -2.39. The van der Waals surface area contributed by atoms with E-state index in [0.29, 0.717) is 10.4 Å². The van der Waals surface area contributed by atoms with E-state index in [2.05, 4.69) is 20.9 Å². The van der Waals surface area contributed by atoms with E-state index in [1.807, 2.05) is 0 Å². The zero-order valence-electron chi connectivity index (χ0n) is 9.69. The van der Waals surface area contributed by atoms with Gasteiger partial charge in [0.1, 0.15) is 12.1 Å². The molecule has 0 bridgehead atoms. The Labute approximate surface area is 116 Å². The smallest absolute Gasteiger partial charge is 0.408 e. The van der Waals surface area contributed by atoms with Crippen molar-refractivity contribution < 1.29 is 24.5 Å². The largest absolute Gasteiger partial charge is 0.480 e. The third kappa shape index (κ3) is 2.95. The molecule has 1 amide bonds. The Kier molecular flexibility index (Phi) is 3.89. The van der Waals surface area contributed by atoms with Gasteiger partial charge in [0.05, 0.1) is 11.0 Å². The van der Waals surface area contributed by atoms with Crippen LogP contribution in [0.15, 0.2) is 22.8 Å². The van der Waals surface area contributed by atoms with Crippen molar-refractivity contribution in [3.05, 3.63) is 22.8 Å². The Morgan fingerprint density at radius 1 is 1.47 bits per heavy atom. The molecule has 0 aromatic carbocycles. The molecule has 1 aromatic heterocycles. The van der Waals surface area contributed by atoms with Gasteiger partial charge in [0.15, 0.2) is 0 Å². The highest BCUT2D eigenvalue weighted by molar-refractivity contribution is 9.10. The molecular weight excluding hydrogens is 320 g/mol. The molecule has 1 aromatic rings. The summed E-state index contributed by atoms with van der Waals surface area (Å²) in [6, 6.07) is 2.38. The maximum Gasteiger partial charge on any atom is 0.408 e. The summed E-state index contributed by atoms with van der Waals surface area (Å²) in [5.41, 5.74) is 0. The van der Waals surface area contributed by atoms with Gasteiger partial charge in [-0.15, -0.1) is 0 Å². The molecule has 0 spiro atoms. The topological polar surface area (TPSA) is 100.0 Å². The van der Waals surface area contributed by atoms with E-state index in [0.717, 1.165) is 4.90 Å². The Morgan fingerprint density at radius 2 is 2.21 bits per heavy atom. The summed E-state index contributed by atoms with van der Waals surface area (Å²) in [6.07, 6.45) is -0.148. The van der Waals surface area contributed by atoms with E-state index >= 15 is 0 Å². The van der Waals surface area contributed by atoms with Crippen LogP contribution >= 0.6 is 15.9 Å². The number of carbonyl (C=O) groups is 2. The van der Waals surface area contributed by atoms with Crippen molar-refractivity contribution in [3.8, 4) is 5.88 Å². The van der Waals surface area contributed by atoms with Crippen LogP contribution in [0.2, 0.25) is 0 Å². The number of ether oxygens (including phenoxy) is 1. The third-order valence-electron chi connectivity index (χ3n) is 2.80. The monoisotopic (exact) mass is 330 g/mol. The number of pyridine rings is 1. The minimum Gasteiger partial charge on any atom is -0.480 e. The van der Waals surface area contributed by atoms with Crippen molar-refractivity contribution in [2.45, 2.75) is 18.6 Å². The highest BCUT2D eigenvalue weighted by Crippen LogP contribution is 2.26. The summed E-state index contributed by atoms with van der Waals surface area (Å²) in [6.45, 7) is 0.00924. The average Bonchev–Trinajstić information content (AvgIpc) is 2.76. The summed E-state index contributed by atoms with van der Waals surface area (Å²) in [5, 5.41) is 17.9. The molecular formula is C11H11BrN2O5. The van der Waals surface area contributed by atoms with Crippen LogP contribution in [-0.2, 0) is 4.79 Å². The summed E-state index contributed by atoms with van der Waals surface area (Å²) in [4.78, 5) is 26.8. The Balaban J connectivity index is 2.10. The van der Waals surface area contributed by atoms with Gasteiger partial charge in [-0.05, 0) is 28.1 Å². The number of nitrogens with zero attached hydrogens (tertiary/aromatic N) is 2. The summed E-state index contributed by atoms with van der Waals surface area (Å²) in [5.74, 6) is -0.850. The van der Waals surface area contributed by atoms with Crippen LogP contribution in [0.4, 0.5) is 4.79 Å². The molecule has 2 rings (SSSR count). The molecule has 19 heavy (non-hydrogen) atoms. The predicted molar refractivity (Wildman–Crippen MR) is 67.1 cm³/mol. The molecule has 7 nitrogen and oxygen atoms in total. The van der Waals surface area contributed by atoms with Gasteiger partial charge >= 0.3 is 12.1 Å². The molecule has 1 fully saturated rings. The number of hydrogen-bond donors (Lipinski definition) is 2. The van der Waals surface area contributed by atoms with Gasteiger partial charge in [0.25, 0.3) is 0 Å². The van der Waals surface area contributed by atoms with Crippen molar-refractivity contribution in [1.29, 1.82) is 0 Å². The number of halogens is 1. The van der Waals surface area contributed by atoms with Crippen LogP contribution in [0.1, 0.15) is 6.42 Å². The molecule has 2 N–H and O–H groups in total. The fraction of sp³-hybridized carbons (Fsp3) is 0.364. The highest BCUT2D eigenvalue weighted by Gasteiger charge is 2.41. The van der Waals surface area contributed by atoms with Gasteiger partial charge in [-0.1, -0.05) is 0 Å². The molecule has 0 saturated carbocycles. The van der Waals surface area contributed by atoms with Gasteiger partial charge in [-0.2, -0.15) is 0 Å². The van der Waals surface area contributed by atoms with E-state index < -0.39 is 24.2 Å². The average molecular weight is 331 g/mol. The van der Waals surface area contributed by atoms with Crippen LogP contribution in [0.3, 0.4) is 0 Å². The van der Waals surface area contributed by atoms with E-state index in [9.17, 15) is 9.59 Å². The van der Waals surface area contributed by atoms with Gasteiger partial charge in [-0.25, -0.2) is 14.6 Å². The molecule has 1 saturated heterocycles. The van der Waals surface area contributed by atoms with E-state index in [1.165, 1.54) is 0 Å². The summed E-state index contributed by atoms with van der Waals surface area (Å²) < 4.78 is 6.18. The highest BCUT2D eigenvalue weighted by atomic mass is 79.9. The fourth-order valence-corrected chi connectivity index (χ4v) is 2.29. The standard InChI is InChI=1S/C11H11BrN2O5/c12-7-2-1-3-13-9(7)19-6-4-8(10(15)16)14(5-6)11(17)18/h1-3,6,8H,4-5H2,(H,15,16)(H,17,18)/t6-,8+/m1/s1. The minimum absolute atomic E-state index is 0.00924. The number of aromatic nitrogens is 1. The summed E-state index contributed by atoms with van der Waals surface area (Å²) >= 11 is 3.26. The lowest BCUT2D eigenvalue weighted by molar-refractivity contribution is -0.141. The molecule has 1 aliphatic heterocycles. The first kappa shape index (κ1) is 13.6. The third-order valence-corrected chi connectivity index (χ3v) is 3.40. The molecule has 0 unspecified atom stereocenters. The minimum atomic E-state index is -1.27. The molecule has 0 aliphatic carbocycles. The zero-order valence-corrected chi connectivity index (χ0v) is 11.3. The van der Waals surface area contributed by atoms with Gasteiger partial charge in [-0.3, -0.25) is 4.90 Å². The van der Waals surface area contributed by atoms with Gasteiger partial charge in [0, 0.05) is 12.6 Å². The fourth-order valence-electron chi connectivity index (χ4n) is 1.94. The van der Waals surface area contributed by atoms with Crippen LogP contribution in [0.25, 0.3) is 0 Å². The van der Waals surface area contributed by atoms with Crippen LogP contribution in [0.5, 0.6) is 5.88 Å². The van der Waals surface area contributed by atoms with E-state index in [1.54, 1.807) is 18.3 Å². The molecule has 2 heterocycles. The van der Waals surface area contributed by atoms with E-state index in [4.69, 9.17) is 14.9 Å². The van der Waals surface area contributed by atoms with Gasteiger partial charge in [0.2, 0.25) is 5.88 Å².